The van der Waals surface area contributed by atoms with Gasteiger partial charge in [0.15, 0.2) is 0 Å². The van der Waals surface area contributed by atoms with Gasteiger partial charge in [0.1, 0.15) is 18.2 Å². The molecule has 0 aliphatic carbocycles. The van der Waals surface area contributed by atoms with Crippen LogP contribution in [0.1, 0.15) is 48.4 Å². The molecule has 1 N–H and O–H groups in total. The van der Waals surface area contributed by atoms with Crippen LogP contribution < -0.4 is 10.1 Å². The lowest BCUT2D eigenvalue weighted by Crippen LogP contribution is -2.27. The SMILES string of the molecule is C=C(CC(CN1CCC(CCc2ccc3c(n2)NCCC3)C1)c1cccc(OCCOC)c1)OC. The number of nitrogens with zero attached hydrogens (tertiary/aromatic N) is 2. The molecule has 3 heterocycles. The van der Waals surface area contributed by atoms with Crippen LogP contribution in [-0.2, 0) is 22.3 Å². The highest BCUT2D eigenvalue weighted by molar-refractivity contribution is 5.47. The number of hydrogen-bond acceptors (Lipinski definition) is 6. The van der Waals surface area contributed by atoms with Crippen molar-refractivity contribution in [2.24, 2.45) is 5.92 Å². The highest BCUT2D eigenvalue weighted by Gasteiger charge is 2.26. The molecule has 2 aliphatic rings. The predicted molar refractivity (Wildman–Crippen MR) is 141 cm³/mol. The normalized spacial score (nSPS) is 18.5. The largest absolute Gasteiger partial charge is 0.502 e. The summed E-state index contributed by atoms with van der Waals surface area (Å²) < 4.78 is 16.4. The number of methoxy groups -OCH3 is 2. The zero-order chi connectivity index (χ0) is 24.5. The fourth-order valence-electron chi connectivity index (χ4n) is 5.23. The number of rotatable bonds is 13. The summed E-state index contributed by atoms with van der Waals surface area (Å²) in [5.74, 6) is 3.86. The molecule has 35 heavy (non-hydrogen) atoms. The molecule has 2 atom stereocenters. The van der Waals surface area contributed by atoms with Crippen LogP contribution in [0.4, 0.5) is 5.82 Å². The molecule has 190 valence electrons. The van der Waals surface area contributed by atoms with E-state index in [0.717, 1.165) is 68.7 Å². The van der Waals surface area contributed by atoms with E-state index in [1.807, 2.05) is 6.07 Å². The van der Waals surface area contributed by atoms with Gasteiger partial charge in [-0.15, -0.1) is 0 Å². The minimum atomic E-state index is 0.320. The van der Waals surface area contributed by atoms with Gasteiger partial charge in [0.05, 0.1) is 19.5 Å². The zero-order valence-corrected chi connectivity index (χ0v) is 21.4. The highest BCUT2D eigenvalue weighted by atomic mass is 16.5. The van der Waals surface area contributed by atoms with Crippen LogP contribution in [0.2, 0.25) is 0 Å². The number of aryl methyl sites for hydroxylation is 2. The Labute approximate surface area is 210 Å². The molecule has 6 heteroatoms. The number of fused-ring (bicyclic) bond motifs is 1. The molecule has 2 unspecified atom stereocenters. The average molecular weight is 480 g/mol. The third-order valence-corrected chi connectivity index (χ3v) is 7.26. The van der Waals surface area contributed by atoms with Gasteiger partial charge < -0.3 is 24.4 Å². The molecule has 1 aromatic carbocycles. The second-order valence-electron chi connectivity index (χ2n) is 9.85. The number of ether oxygens (including phenoxy) is 3. The smallest absolute Gasteiger partial charge is 0.129 e. The van der Waals surface area contributed by atoms with Gasteiger partial charge in [-0.25, -0.2) is 4.98 Å². The molecule has 4 rings (SSSR count). The number of pyridine rings is 1. The van der Waals surface area contributed by atoms with Crippen molar-refractivity contribution < 1.29 is 14.2 Å². The molecule has 1 fully saturated rings. The maximum Gasteiger partial charge on any atom is 0.129 e. The fraction of sp³-hybridized carbons (Fsp3) is 0.552. The van der Waals surface area contributed by atoms with Crippen LogP contribution in [0, 0.1) is 5.92 Å². The zero-order valence-electron chi connectivity index (χ0n) is 21.4. The van der Waals surface area contributed by atoms with E-state index in [4.69, 9.17) is 19.2 Å². The number of hydrogen-bond donors (Lipinski definition) is 1. The molecule has 0 spiro atoms. The lowest BCUT2D eigenvalue weighted by atomic mass is 9.94. The minimum absolute atomic E-state index is 0.320. The van der Waals surface area contributed by atoms with E-state index >= 15 is 0 Å². The lowest BCUT2D eigenvalue weighted by molar-refractivity contribution is 0.146. The van der Waals surface area contributed by atoms with Crippen molar-refractivity contribution in [3.05, 3.63) is 65.6 Å². The van der Waals surface area contributed by atoms with Gasteiger partial charge in [-0.3, -0.25) is 0 Å². The third kappa shape index (κ3) is 7.45. The first-order valence-corrected chi connectivity index (χ1v) is 13.0. The molecule has 0 radical (unpaired) electrons. The van der Waals surface area contributed by atoms with Crippen LogP contribution in [0.25, 0.3) is 0 Å². The monoisotopic (exact) mass is 479 g/mol. The van der Waals surface area contributed by atoms with Crippen LogP contribution in [-0.4, -0.2) is 63.5 Å². The van der Waals surface area contributed by atoms with Crippen molar-refractivity contribution in [3.63, 3.8) is 0 Å². The fourth-order valence-corrected chi connectivity index (χ4v) is 5.23. The van der Waals surface area contributed by atoms with Gasteiger partial charge in [0.25, 0.3) is 0 Å². The Kier molecular flexibility index (Phi) is 9.43. The first kappa shape index (κ1) is 25.5. The summed E-state index contributed by atoms with van der Waals surface area (Å²) in [6.07, 6.45) is 6.66. The molecule has 2 aromatic rings. The highest BCUT2D eigenvalue weighted by Crippen LogP contribution is 2.31. The van der Waals surface area contributed by atoms with Gasteiger partial charge in [-0.2, -0.15) is 0 Å². The van der Waals surface area contributed by atoms with Crippen molar-refractivity contribution in [1.29, 1.82) is 0 Å². The minimum Gasteiger partial charge on any atom is -0.502 e. The standard InChI is InChI=1S/C29H41N3O3/c1-22(34-3)18-26(25-6-4-8-28(19-25)35-17-16-33-2)21-32-15-13-23(20-32)9-11-27-12-10-24-7-5-14-30-29(24)31-27/h4,6,8,10,12,19,23,26H,1,5,7,9,11,13-18,20-21H2,2-3H3,(H,30,31). The first-order valence-electron chi connectivity index (χ1n) is 13.0. The summed E-state index contributed by atoms with van der Waals surface area (Å²) in [4.78, 5) is 7.50. The van der Waals surface area contributed by atoms with E-state index in [0.29, 0.717) is 19.1 Å². The van der Waals surface area contributed by atoms with Crippen molar-refractivity contribution in [2.45, 2.75) is 44.4 Å². The maximum atomic E-state index is 5.86. The quantitative estimate of drug-likeness (QED) is 0.320. The summed E-state index contributed by atoms with van der Waals surface area (Å²) in [7, 11) is 3.40. The third-order valence-electron chi connectivity index (χ3n) is 7.26. The van der Waals surface area contributed by atoms with Crippen LogP contribution in [0.5, 0.6) is 5.75 Å². The molecule has 0 bridgehead atoms. The topological polar surface area (TPSA) is 55.9 Å². The number of nitrogens with one attached hydrogen (secondary N) is 1. The second-order valence-corrected chi connectivity index (χ2v) is 9.85. The van der Waals surface area contributed by atoms with E-state index in [1.165, 1.54) is 36.1 Å². The van der Waals surface area contributed by atoms with Crippen molar-refractivity contribution >= 4 is 5.82 Å². The van der Waals surface area contributed by atoms with Gasteiger partial charge >= 0.3 is 0 Å². The molecular weight excluding hydrogens is 438 g/mol. The summed E-state index contributed by atoms with van der Waals surface area (Å²) in [5.41, 5.74) is 3.85. The number of benzene rings is 1. The molecule has 0 amide bonds. The number of likely N-dealkylation sites (tertiary alicyclic amines) is 1. The molecule has 0 saturated carbocycles. The first-order chi connectivity index (χ1) is 17.1. The van der Waals surface area contributed by atoms with Gasteiger partial charge in [-0.1, -0.05) is 24.8 Å². The van der Waals surface area contributed by atoms with Gasteiger partial charge in [-0.05, 0) is 73.9 Å². The number of aromatic nitrogens is 1. The molecule has 1 aromatic heterocycles. The van der Waals surface area contributed by atoms with E-state index in [2.05, 4.69) is 47.1 Å². The molecule has 1 saturated heterocycles. The summed E-state index contributed by atoms with van der Waals surface area (Å²) in [6.45, 7) is 9.57. The van der Waals surface area contributed by atoms with Crippen molar-refractivity contribution in [2.75, 3.05) is 58.9 Å². The van der Waals surface area contributed by atoms with Gasteiger partial charge in [0, 0.05) is 44.8 Å². The molecular formula is C29H41N3O3. The van der Waals surface area contributed by atoms with E-state index in [9.17, 15) is 0 Å². The Hall–Kier alpha value is -2.57. The van der Waals surface area contributed by atoms with Crippen molar-refractivity contribution in [1.82, 2.24) is 9.88 Å². The van der Waals surface area contributed by atoms with E-state index in [1.54, 1.807) is 14.2 Å². The predicted octanol–water partition coefficient (Wildman–Crippen LogP) is 5.05. The Balaban J connectivity index is 1.32. The lowest BCUT2D eigenvalue weighted by Gasteiger charge is -2.25. The number of anilines is 1. The Bertz CT molecular complexity index is 964. The number of allylic oxidation sites excluding steroid dienone is 1. The second kappa shape index (κ2) is 12.9. The van der Waals surface area contributed by atoms with Gasteiger partial charge in [0.2, 0.25) is 0 Å². The Morgan fingerprint density at radius 3 is 3.00 bits per heavy atom. The van der Waals surface area contributed by atoms with Crippen LogP contribution >= 0.6 is 0 Å². The van der Waals surface area contributed by atoms with Crippen LogP contribution in [0.3, 0.4) is 0 Å². The molecule has 6 nitrogen and oxygen atoms in total. The molecule has 2 aliphatic heterocycles. The summed E-state index contributed by atoms with van der Waals surface area (Å²) in [6, 6.07) is 12.9. The Morgan fingerprint density at radius 2 is 2.14 bits per heavy atom. The van der Waals surface area contributed by atoms with E-state index in [-0.39, 0.29) is 0 Å². The Morgan fingerprint density at radius 1 is 1.23 bits per heavy atom. The maximum absolute atomic E-state index is 5.86. The summed E-state index contributed by atoms with van der Waals surface area (Å²) >= 11 is 0. The summed E-state index contributed by atoms with van der Waals surface area (Å²) in [5, 5.41) is 3.46. The van der Waals surface area contributed by atoms with E-state index < -0.39 is 0 Å². The van der Waals surface area contributed by atoms with Crippen molar-refractivity contribution in [3.8, 4) is 5.75 Å². The average Bonchev–Trinajstić information content (AvgIpc) is 3.34. The van der Waals surface area contributed by atoms with Crippen LogP contribution in [0.15, 0.2) is 48.7 Å².